The fourth-order valence-corrected chi connectivity index (χ4v) is 1.43. The first-order valence-corrected chi connectivity index (χ1v) is 5.67. The molecule has 6 nitrogen and oxygen atoms in total. The Hall–Kier alpha value is -2.30. The van der Waals surface area contributed by atoms with Crippen LogP contribution in [0, 0.1) is 0 Å². The summed E-state index contributed by atoms with van der Waals surface area (Å²) in [4.78, 5) is 28.0. The van der Waals surface area contributed by atoms with E-state index in [4.69, 9.17) is 14.3 Å². The Morgan fingerprint density at radius 1 is 1.68 bits per heavy atom. The van der Waals surface area contributed by atoms with Crippen LogP contribution >= 0.6 is 0 Å². The van der Waals surface area contributed by atoms with Crippen LogP contribution in [0.15, 0.2) is 42.0 Å². The minimum absolute atomic E-state index is 0.0643. The number of carbonyl (C=O) groups excluding carboxylic acids is 2. The Kier molecular flexibility index (Phi) is 3.85. The van der Waals surface area contributed by atoms with E-state index in [0.29, 0.717) is 12.3 Å². The lowest BCUT2D eigenvalue weighted by atomic mass is 10.2. The molecule has 0 saturated carbocycles. The fourth-order valence-electron chi connectivity index (χ4n) is 1.43. The first-order valence-electron chi connectivity index (χ1n) is 5.67. The van der Waals surface area contributed by atoms with Crippen molar-refractivity contribution in [1.29, 1.82) is 0 Å². The number of hydroxylamine groups is 2. The highest BCUT2D eigenvalue weighted by Crippen LogP contribution is 2.23. The minimum Gasteiger partial charge on any atom is -0.459 e. The molecule has 0 aromatic rings. The van der Waals surface area contributed by atoms with E-state index >= 15 is 0 Å². The Morgan fingerprint density at radius 3 is 3.00 bits per heavy atom. The summed E-state index contributed by atoms with van der Waals surface area (Å²) < 4.78 is 9.88. The molecule has 0 aromatic heterocycles. The van der Waals surface area contributed by atoms with Gasteiger partial charge in [0.05, 0.1) is 6.61 Å². The van der Waals surface area contributed by atoms with Crippen molar-refractivity contribution in [2.75, 3.05) is 13.2 Å². The summed E-state index contributed by atoms with van der Waals surface area (Å²) in [6.07, 6.45) is 4.45. The summed E-state index contributed by atoms with van der Waals surface area (Å²) in [6, 6.07) is 0. The second-order valence-electron chi connectivity index (χ2n) is 4.05. The zero-order chi connectivity index (χ0) is 13.8. The van der Waals surface area contributed by atoms with Gasteiger partial charge in [-0.15, -0.1) is 0 Å². The molecule has 0 amide bonds. The topological polar surface area (TPSA) is 68.4 Å². The predicted octanol–water partition coefficient (Wildman–Crippen LogP) is 0.865. The quantitative estimate of drug-likeness (QED) is 0.317. The number of rotatable bonds is 5. The highest BCUT2D eigenvalue weighted by Gasteiger charge is 2.29. The van der Waals surface area contributed by atoms with Crippen molar-refractivity contribution in [1.82, 2.24) is 5.06 Å². The summed E-state index contributed by atoms with van der Waals surface area (Å²) in [5.74, 6) is 0.825. The van der Waals surface area contributed by atoms with E-state index in [-0.39, 0.29) is 24.0 Å². The molecule has 6 heteroatoms. The fraction of sp³-hybridized carbons (Fsp3) is 0.308. The van der Waals surface area contributed by atoms with Crippen LogP contribution in [0.5, 0.6) is 0 Å². The molecule has 0 aliphatic carbocycles. The second-order valence-corrected chi connectivity index (χ2v) is 4.05. The summed E-state index contributed by atoms with van der Waals surface area (Å²) in [7, 11) is 0. The third-order valence-electron chi connectivity index (χ3n) is 2.43. The van der Waals surface area contributed by atoms with Gasteiger partial charge in [-0.3, -0.25) is 0 Å². The van der Waals surface area contributed by atoms with Gasteiger partial charge in [0, 0.05) is 5.70 Å². The van der Waals surface area contributed by atoms with E-state index in [1.807, 2.05) is 0 Å². The molecule has 19 heavy (non-hydrogen) atoms. The van der Waals surface area contributed by atoms with Crippen LogP contribution in [-0.2, 0) is 23.9 Å². The van der Waals surface area contributed by atoms with E-state index in [9.17, 15) is 9.59 Å². The Bertz CT molecular complexity index is 509. The van der Waals surface area contributed by atoms with Crippen LogP contribution in [-0.4, -0.2) is 36.3 Å². The van der Waals surface area contributed by atoms with Gasteiger partial charge < -0.3 is 14.3 Å². The first kappa shape index (κ1) is 13.1. The van der Waals surface area contributed by atoms with Crippen molar-refractivity contribution in [2.45, 2.75) is 13.0 Å². The summed E-state index contributed by atoms with van der Waals surface area (Å²) >= 11 is 0. The average Bonchev–Trinajstić information content (AvgIpc) is 3.21. The Morgan fingerprint density at radius 2 is 2.42 bits per heavy atom. The molecule has 2 rings (SSSR count). The van der Waals surface area contributed by atoms with Crippen LogP contribution < -0.4 is 0 Å². The van der Waals surface area contributed by atoms with Crippen molar-refractivity contribution in [3.05, 3.63) is 42.0 Å². The molecule has 0 radical (unpaired) electrons. The highest BCUT2D eigenvalue weighted by atomic mass is 16.7. The maximum Gasteiger partial charge on any atom is 0.351 e. The standard InChI is InChI=1S/C13H13NO5/c1-9(2)14-12(4-3-5-19-14)11(6-15)13(16)18-8-10-7-17-10/h3-5,10H,1,7-8H2,2H3. The number of epoxide rings is 1. The largest absolute Gasteiger partial charge is 0.459 e. The molecule has 0 aromatic carbocycles. The number of nitrogens with zero attached hydrogens (tertiary/aromatic N) is 1. The predicted molar refractivity (Wildman–Crippen MR) is 64.9 cm³/mol. The zero-order valence-electron chi connectivity index (χ0n) is 10.4. The molecule has 2 aliphatic heterocycles. The number of allylic oxidation sites excluding steroid dienone is 3. The maximum atomic E-state index is 11.8. The molecule has 1 saturated heterocycles. The third kappa shape index (κ3) is 3.13. The summed E-state index contributed by atoms with van der Waals surface area (Å²) in [5.41, 5.74) is 0.515. The monoisotopic (exact) mass is 263 g/mol. The van der Waals surface area contributed by atoms with Crippen LogP contribution in [0.3, 0.4) is 0 Å². The van der Waals surface area contributed by atoms with Gasteiger partial charge >= 0.3 is 5.97 Å². The van der Waals surface area contributed by atoms with E-state index in [2.05, 4.69) is 6.58 Å². The molecule has 100 valence electrons. The molecule has 1 atom stereocenters. The number of esters is 1. The molecular weight excluding hydrogens is 250 g/mol. The normalized spacial score (nSPS) is 19.9. The number of carbonyl (C=O) groups is 1. The SMILES string of the molecule is C=C(C)N1OC=CC=C1C(=C=O)C(=O)OCC1CO1. The van der Waals surface area contributed by atoms with Gasteiger partial charge in [0.15, 0.2) is 5.57 Å². The smallest absolute Gasteiger partial charge is 0.351 e. The van der Waals surface area contributed by atoms with Crippen molar-refractivity contribution < 1.29 is 23.9 Å². The second kappa shape index (κ2) is 5.56. The van der Waals surface area contributed by atoms with Gasteiger partial charge in [0.1, 0.15) is 30.6 Å². The molecule has 2 aliphatic rings. The minimum atomic E-state index is -0.762. The zero-order valence-corrected chi connectivity index (χ0v) is 10.4. The molecule has 1 unspecified atom stereocenters. The van der Waals surface area contributed by atoms with E-state index < -0.39 is 5.97 Å². The Labute approximate surface area is 110 Å². The van der Waals surface area contributed by atoms with Gasteiger partial charge in [0.25, 0.3) is 0 Å². The molecule has 1 fully saturated rings. The number of hydrogen-bond donors (Lipinski definition) is 0. The molecule has 0 spiro atoms. The van der Waals surface area contributed by atoms with Gasteiger partial charge in [-0.1, -0.05) is 6.58 Å². The molecule has 2 heterocycles. The van der Waals surface area contributed by atoms with Crippen molar-refractivity contribution >= 4 is 11.9 Å². The summed E-state index contributed by atoms with van der Waals surface area (Å²) in [5, 5.41) is 1.26. The molecular formula is C13H13NO5. The maximum absolute atomic E-state index is 11.8. The van der Waals surface area contributed by atoms with Crippen molar-refractivity contribution in [3.8, 4) is 0 Å². The lowest BCUT2D eigenvalue weighted by Crippen LogP contribution is -2.26. The molecule has 0 N–H and O–H groups in total. The lowest BCUT2D eigenvalue weighted by molar-refractivity contribution is -0.139. The van der Waals surface area contributed by atoms with Crippen molar-refractivity contribution in [3.63, 3.8) is 0 Å². The first-order chi connectivity index (χ1) is 9.13. The van der Waals surface area contributed by atoms with Gasteiger partial charge in [-0.05, 0) is 19.1 Å². The van der Waals surface area contributed by atoms with Crippen LogP contribution in [0.1, 0.15) is 6.92 Å². The van der Waals surface area contributed by atoms with Gasteiger partial charge in [0.2, 0.25) is 0 Å². The van der Waals surface area contributed by atoms with E-state index in [0.717, 1.165) is 0 Å². The van der Waals surface area contributed by atoms with E-state index in [1.165, 1.54) is 11.3 Å². The third-order valence-corrected chi connectivity index (χ3v) is 2.43. The van der Waals surface area contributed by atoms with Crippen LogP contribution in [0.25, 0.3) is 0 Å². The molecule has 0 bridgehead atoms. The summed E-state index contributed by atoms with van der Waals surface area (Å²) in [6.45, 7) is 6.07. The number of hydrogen-bond acceptors (Lipinski definition) is 6. The van der Waals surface area contributed by atoms with Gasteiger partial charge in [-0.2, -0.15) is 5.06 Å². The van der Waals surface area contributed by atoms with Gasteiger partial charge in [-0.25, -0.2) is 9.59 Å². The van der Waals surface area contributed by atoms with Crippen LogP contribution in [0.2, 0.25) is 0 Å². The average molecular weight is 263 g/mol. The highest BCUT2D eigenvalue weighted by molar-refractivity contribution is 6.01. The van der Waals surface area contributed by atoms with E-state index in [1.54, 1.807) is 25.0 Å². The van der Waals surface area contributed by atoms with Crippen LogP contribution in [0.4, 0.5) is 0 Å². The number of ether oxygens (including phenoxy) is 2. The lowest BCUT2D eigenvalue weighted by Gasteiger charge is -2.26. The Balaban J connectivity index is 2.12. The van der Waals surface area contributed by atoms with Crippen molar-refractivity contribution in [2.24, 2.45) is 0 Å².